The van der Waals surface area contributed by atoms with Crippen molar-refractivity contribution in [1.29, 1.82) is 0 Å². The van der Waals surface area contributed by atoms with Gasteiger partial charge in [-0.25, -0.2) is 4.68 Å². The molecule has 3 aromatic rings. The lowest BCUT2D eigenvalue weighted by molar-refractivity contribution is 0.375. The van der Waals surface area contributed by atoms with Gasteiger partial charge in [-0.2, -0.15) is 4.98 Å². The Kier molecular flexibility index (Phi) is 4.33. The number of nitrogen functional groups attached to an aromatic ring is 1. The maximum absolute atomic E-state index is 6.14. The summed E-state index contributed by atoms with van der Waals surface area (Å²) in [6, 6.07) is 7.99. The molecule has 0 saturated heterocycles. The van der Waals surface area contributed by atoms with Crippen LogP contribution in [0.4, 0.5) is 0 Å². The first-order valence-corrected chi connectivity index (χ1v) is 8.23. The number of rotatable bonds is 5. The minimum absolute atomic E-state index is 0.0554. The van der Waals surface area contributed by atoms with Crippen molar-refractivity contribution in [2.24, 2.45) is 0 Å². The van der Waals surface area contributed by atoms with Crippen molar-refractivity contribution in [1.82, 2.24) is 25.0 Å². The fourth-order valence-electron chi connectivity index (χ4n) is 2.04. The molecular formula is C15H18N6OS. The van der Waals surface area contributed by atoms with E-state index in [1.807, 2.05) is 45.0 Å². The van der Waals surface area contributed by atoms with Gasteiger partial charge in [0, 0.05) is 12.0 Å². The van der Waals surface area contributed by atoms with Crippen molar-refractivity contribution < 1.29 is 4.52 Å². The van der Waals surface area contributed by atoms with Gasteiger partial charge in [-0.15, -0.1) is 10.2 Å². The Morgan fingerprint density at radius 3 is 2.65 bits per heavy atom. The van der Waals surface area contributed by atoms with Gasteiger partial charge in [0.25, 0.3) is 0 Å². The molecule has 0 bridgehead atoms. The summed E-state index contributed by atoms with van der Waals surface area (Å²) < 4.78 is 6.74. The van der Waals surface area contributed by atoms with E-state index in [4.69, 9.17) is 10.4 Å². The molecule has 2 heterocycles. The number of nitrogens with two attached hydrogens (primary N) is 1. The summed E-state index contributed by atoms with van der Waals surface area (Å²) >= 11 is 1.43. The Bertz CT molecular complexity index is 795. The van der Waals surface area contributed by atoms with Crippen LogP contribution in [-0.4, -0.2) is 25.0 Å². The summed E-state index contributed by atoms with van der Waals surface area (Å²) in [5.41, 5.74) is 2.11. The van der Waals surface area contributed by atoms with Gasteiger partial charge in [-0.3, -0.25) is 0 Å². The third-order valence-corrected chi connectivity index (χ3v) is 4.45. The fourth-order valence-corrected chi connectivity index (χ4v) is 2.84. The molecule has 0 aliphatic carbocycles. The van der Waals surface area contributed by atoms with Crippen LogP contribution in [0.25, 0.3) is 11.4 Å². The topological polar surface area (TPSA) is 95.7 Å². The Morgan fingerprint density at radius 1 is 1.26 bits per heavy atom. The van der Waals surface area contributed by atoms with E-state index in [0.717, 1.165) is 12.0 Å². The van der Waals surface area contributed by atoms with Gasteiger partial charge in [-0.05, 0) is 13.8 Å². The van der Waals surface area contributed by atoms with E-state index in [1.54, 1.807) is 0 Å². The predicted octanol–water partition coefficient (Wildman–Crippen LogP) is 2.77. The van der Waals surface area contributed by atoms with Crippen LogP contribution in [0, 0.1) is 6.92 Å². The van der Waals surface area contributed by atoms with Crippen molar-refractivity contribution in [2.45, 2.75) is 37.6 Å². The van der Waals surface area contributed by atoms with Crippen molar-refractivity contribution in [3.05, 3.63) is 41.5 Å². The number of hydrogen-bond acceptors (Lipinski definition) is 7. The second-order valence-corrected chi connectivity index (χ2v) is 6.51. The van der Waals surface area contributed by atoms with Gasteiger partial charge in [0.2, 0.25) is 11.0 Å². The second-order valence-electron chi connectivity index (χ2n) is 5.20. The Hall–Kier alpha value is -2.35. The summed E-state index contributed by atoms with van der Waals surface area (Å²) in [6.07, 6.45) is 0.742. The summed E-state index contributed by atoms with van der Waals surface area (Å²) in [5.74, 6) is 8.02. The normalized spacial score (nSPS) is 12.5. The van der Waals surface area contributed by atoms with Crippen molar-refractivity contribution in [3.63, 3.8) is 0 Å². The van der Waals surface area contributed by atoms with Crippen LogP contribution in [-0.2, 0) is 6.42 Å². The fraction of sp³-hybridized carbons (Fsp3) is 0.333. The van der Waals surface area contributed by atoms with E-state index in [-0.39, 0.29) is 5.25 Å². The molecule has 0 fully saturated rings. The Morgan fingerprint density at radius 2 is 2.00 bits per heavy atom. The molecule has 0 saturated carbocycles. The van der Waals surface area contributed by atoms with Crippen LogP contribution >= 0.6 is 11.8 Å². The third-order valence-electron chi connectivity index (χ3n) is 3.40. The number of thioether (sulfide) groups is 1. The summed E-state index contributed by atoms with van der Waals surface area (Å²) in [7, 11) is 0. The van der Waals surface area contributed by atoms with Gasteiger partial charge < -0.3 is 10.4 Å². The first-order valence-electron chi connectivity index (χ1n) is 7.35. The molecule has 0 aliphatic rings. The van der Waals surface area contributed by atoms with Crippen molar-refractivity contribution in [2.75, 3.05) is 5.84 Å². The highest BCUT2D eigenvalue weighted by atomic mass is 32.2. The van der Waals surface area contributed by atoms with E-state index >= 15 is 0 Å². The van der Waals surface area contributed by atoms with Crippen LogP contribution in [0.5, 0.6) is 0 Å². The second kappa shape index (κ2) is 6.41. The molecule has 7 nitrogen and oxygen atoms in total. The zero-order chi connectivity index (χ0) is 16.4. The average Bonchev–Trinajstić information content (AvgIpc) is 3.16. The summed E-state index contributed by atoms with van der Waals surface area (Å²) in [4.78, 5) is 4.33. The van der Waals surface area contributed by atoms with Gasteiger partial charge in [0.1, 0.15) is 0 Å². The van der Waals surface area contributed by atoms with E-state index in [1.165, 1.54) is 22.0 Å². The molecule has 1 unspecified atom stereocenters. The van der Waals surface area contributed by atoms with E-state index in [0.29, 0.717) is 22.7 Å². The molecule has 3 rings (SSSR count). The average molecular weight is 330 g/mol. The Labute approximate surface area is 138 Å². The minimum atomic E-state index is -0.0554. The quantitative estimate of drug-likeness (QED) is 0.567. The molecule has 2 aromatic heterocycles. The summed E-state index contributed by atoms with van der Waals surface area (Å²) in [6.45, 7) is 5.99. The smallest absolute Gasteiger partial charge is 0.239 e. The highest BCUT2D eigenvalue weighted by Crippen LogP contribution is 2.33. The van der Waals surface area contributed by atoms with Crippen LogP contribution in [0.3, 0.4) is 0 Å². The molecule has 1 aromatic carbocycles. The number of aryl methyl sites for hydroxylation is 2. The minimum Gasteiger partial charge on any atom is -0.338 e. The Balaban J connectivity index is 1.80. The molecule has 0 aliphatic heterocycles. The molecule has 2 N–H and O–H groups in total. The molecular weight excluding hydrogens is 312 g/mol. The standard InChI is InChI=1S/C15H18N6OS/c1-4-12-17-14(22-20-12)10(3)23-15-19-18-13(21(15)16)11-7-5-9(2)6-8-11/h5-8,10H,4,16H2,1-3H3. The maximum Gasteiger partial charge on any atom is 0.239 e. The molecule has 8 heteroatoms. The number of hydrogen-bond donors (Lipinski definition) is 1. The molecule has 0 radical (unpaired) electrons. The zero-order valence-electron chi connectivity index (χ0n) is 13.2. The monoisotopic (exact) mass is 330 g/mol. The van der Waals surface area contributed by atoms with Crippen molar-refractivity contribution in [3.8, 4) is 11.4 Å². The third kappa shape index (κ3) is 3.21. The lowest BCUT2D eigenvalue weighted by Crippen LogP contribution is -2.12. The zero-order valence-corrected chi connectivity index (χ0v) is 14.0. The van der Waals surface area contributed by atoms with Crippen LogP contribution in [0.2, 0.25) is 0 Å². The lowest BCUT2D eigenvalue weighted by Gasteiger charge is -2.06. The number of aromatic nitrogens is 5. The first kappa shape index (κ1) is 15.5. The highest BCUT2D eigenvalue weighted by molar-refractivity contribution is 7.99. The van der Waals surface area contributed by atoms with E-state index < -0.39 is 0 Å². The molecule has 0 amide bonds. The van der Waals surface area contributed by atoms with E-state index in [2.05, 4.69) is 20.3 Å². The van der Waals surface area contributed by atoms with E-state index in [9.17, 15) is 0 Å². The molecule has 0 spiro atoms. The first-order chi connectivity index (χ1) is 11.1. The molecule has 23 heavy (non-hydrogen) atoms. The largest absolute Gasteiger partial charge is 0.338 e. The lowest BCUT2D eigenvalue weighted by atomic mass is 10.1. The number of benzene rings is 1. The van der Waals surface area contributed by atoms with Crippen LogP contribution in [0.1, 0.15) is 36.4 Å². The van der Waals surface area contributed by atoms with Gasteiger partial charge in [-0.1, -0.05) is 53.7 Å². The van der Waals surface area contributed by atoms with Gasteiger partial charge >= 0.3 is 0 Å². The molecule has 1 atom stereocenters. The van der Waals surface area contributed by atoms with Gasteiger partial charge in [0.05, 0.1) is 5.25 Å². The van der Waals surface area contributed by atoms with Crippen molar-refractivity contribution >= 4 is 11.8 Å². The van der Waals surface area contributed by atoms with Crippen LogP contribution < -0.4 is 5.84 Å². The van der Waals surface area contributed by atoms with Crippen LogP contribution in [0.15, 0.2) is 33.9 Å². The predicted molar refractivity (Wildman–Crippen MR) is 88.3 cm³/mol. The summed E-state index contributed by atoms with van der Waals surface area (Å²) in [5, 5.41) is 12.8. The SMILES string of the molecule is CCc1noc(C(C)Sc2nnc(-c3ccc(C)cc3)n2N)n1. The molecule has 120 valence electrons. The van der Waals surface area contributed by atoms with Gasteiger partial charge in [0.15, 0.2) is 11.6 Å². The maximum atomic E-state index is 6.14. The highest BCUT2D eigenvalue weighted by Gasteiger charge is 2.20. The number of nitrogens with zero attached hydrogens (tertiary/aromatic N) is 5.